The molecule has 0 atom stereocenters. The summed E-state index contributed by atoms with van der Waals surface area (Å²) in [5, 5.41) is 7.68. The average molecular weight is 266 g/mol. The SMILES string of the molecule is COc1cc(Cl)ccc1-c1[nH]nc(N)c1C(C)C. The number of H-pyrrole nitrogens is 1. The number of hydrogen-bond donors (Lipinski definition) is 2. The van der Waals surface area contributed by atoms with Crippen molar-refractivity contribution in [2.24, 2.45) is 0 Å². The molecule has 5 heteroatoms. The molecule has 0 radical (unpaired) electrons. The molecule has 1 aromatic heterocycles. The first-order valence-electron chi connectivity index (χ1n) is 5.72. The molecule has 2 rings (SSSR count). The number of anilines is 1. The highest BCUT2D eigenvalue weighted by Gasteiger charge is 2.18. The summed E-state index contributed by atoms with van der Waals surface area (Å²) >= 11 is 5.96. The molecule has 0 fully saturated rings. The molecule has 0 amide bonds. The number of ether oxygens (including phenoxy) is 1. The van der Waals surface area contributed by atoms with Gasteiger partial charge in [-0.25, -0.2) is 0 Å². The Hall–Kier alpha value is -1.68. The fourth-order valence-corrected chi connectivity index (χ4v) is 2.19. The monoisotopic (exact) mass is 265 g/mol. The average Bonchev–Trinajstić information content (AvgIpc) is 2.70. The van der Waals surface area contributed by atoms with Crippen LogP contribution in [0.3, 0.4) is 0 Å². The van der Waals surface area contributed by atoms with Crippen LogP contribution in [0.2, 0.25) is 5.02 Å². The molecular formula is C13H16ClN3O. The molecule has 3 N–H and O–H groups in total. The number of benzene rings is 1. The smallest absolute Gasteiger partial charge is 0.149 e. The van der Waals surface area contributed by atoms with Crippen molar-refractivity contribution in [2.75, 3.05) is 12.8 Å². The van der Waals surface area contributed by atoms with Crippen LogP contribution in [0.15, 0.2) is 18.2 Å². The number of methoxy groups -OCH3 is 1. The number of rotatable bonds is 3. The maximum Gasteiger partial charge on any atom is 0.149 e. The molecule has 0 spiro atoms. The van der Waals surface area contributed by atoms with Crippen molar-refractivity contribution in [3.05, 3.63) is 28.8 Å². The second kappa shape index (κ2) is 4.90. The third kappa shape index (κ3) is 2.16. The lowest BCUT2D eigenvalue weighted by molar-refractivity contribution is 0.416. The van der Waals surface area contributed by atoms with E-state index < -0.39 is 0 Å². The van der Waals surface area contributed by atoms with E-state index in [0.29, 0.717) is 16.6 Å². The Balaban J connectivity index is 2.62. The molecule has 0 saturated heterocycles. The summed E-state index contributed by atoms with van der Waals surface area (Å²) in [5.41, 5.74) is 8.68. The van der Waals surface area contributed by atoms with Gasteiger partial charge in [0.1, 0.15) is 11.6 Å². The van der Waals surface area contributed by atoms with Gasteiger partial charge >= 0.3 is 0 Å². The van der Waals surface area contributed by atoms with Gasteiger partial charge in [0.05, 0.1) is 12.8 Å². The van der Waals surface area contributed by atoms with E-state index in [0.717, 1.165) is 16.8 Å². The highest BCUT2D eigenvalue weighted by molar-refractivity contribution is 6.30. The first-order valence-corrected chi connectivity index (χ1v) is 6.10. The van der Waals surface area contributed by atoms with Crippen LogP contribution >= 0.6 is 11.6 Å². The van der Waals surface area contributed by atoms with Crippen molar-refractivity contribution < 1.29 is 4.74 Å². The summed E-state index contributed by atoms with van der Waals surface area (Å²) in [6.45, 7) is 4.15. The van der Waals surface area contributed by atoms with Gasteiger partial charge in [-0.05, 0) is 24.1 Å². The van der Waals surface area contributed by atoms with Gasteiger partial charge in [-0.1, -0.05) is 25.4 Å². The zero-order valence-corrected chi connectivity index (χ0v) is 11.4. The normalized spacial score (nSPS) is 10.9. The molecule has 0 aliphatic rings. The molecular weight excluding hydrogens is 250 g/mol. The molecule has 4 nitrogen and oxygen atoms in total. The van der Waals surface area contributed by atoms with Crippen LogP contribution in [-0.4, -0.2) is 17.3 Å². The lowest BCUT2D eigenvalue weighted by Crippen LogP contribution is -1.96. The first-order chi connectivity index (χ1) is 8.54. The van der Waals surface area contributed by atoms with Crippen molar-refractivity contribution in [3.63, 3.8) is 0 Å². The maximum atomic E-state index is 5.96. The Morgan fingerprint density at radius 3 is 2.72 bits per heavy atom. The van der Waals surface area contributed by atoms with Crippen molar-refractivity contribution in [1.29, 1.82) is 0 Å². The second-order valence-electron chi connectivity index (χ2n) is 4.40. The van der Waals surface area contributed by atoms with Gasteiger partial charge < -0.3 is 10.5 Å². The Kier molecular flexibility index (Phi) is 3.48. The Morgan fingerprint density at radius 1 is 1.39 bits per heavy atom. The van der Waals surface area contributed by atoms with Crippen LogP contribution < -0.4 is 10.5 Å². The number of nitrogens with two attached hydrogens (primary N) is 1. The van der Waals surface area contributed by atoms with Crippen LogP contribution in [-0.2, 0) is 0 Å². The van der Waals surface area contributed by atoms with Crippen molar-refractivity contribution >= 4 is 17.4 Å². The quantitative estimate of drug-likeness (QED) is 0.893. The summed E-state index contributed by atoms with van der Waals surface area (Å²) in [6, 6.07) is 5.50. The number of aromatic nitrogens is 2. The first kappa shape index (κ1) is 12.8. The van der Waals surface area contributed by atoms with Crippen LogP contribution in [0, 0.1) is 0 Å². The predicted molar refractivity (Wildman–Crippen MR) is 74.1 cm³/mol. The van der Waals surface area contributed by atoms with E-state index in [9.17, 15) is 0 Å². The summed E-state index contributed by atoms with van der Waals surface area (Å²) in [4.78, 5) is 0. The highest BCUT2D eigenvalue weighted by Crippen LogP contribution is 2.37. The minimum atomic E-state index is 0.277. The molecule has 1 aromatic carbocycles. The molecule has 0 aliphatic heterocycles. The van der Waals surface area contributed by atoms with E-state index in [1.54, 1.807) is 13.2 Å². The van der Waals surface area contributed by atoms with E-state index in [-0.39, 0.29) is 5.92 Å². The zero-order valence-electron chi connectivity index (χ0n) is 10.6. The number of hydrogen-bond acceptors (Lipinski definition) is 3. The fourth-order valence-electron chi connectivity index (χ4n) is 2.03. The third-order valence-corrected chi connectivity index (χ3v) is 3.08. The maximum absolute atomic E-state index is 5.96. The minimum Gasteiger partial charge on any atom is -0.496 e. The van der Waals surface area contributed by atoms with E-state index in [1.807, 2.05) is 12.1 Å². The Bertz CT molecular complexity index is 563. The van der Waals surface area contributed by atoms with Crippen LogP contribution in [0.1, 0.15) is 25.3 Å². The van der Waals surface area contributed by atoms with Crippen LogP contribution in [0.4, 0.5) is 5.82 Å². The van der Waals surface area contributed by atoms with Crippen LogP contribution in [0.25, 0.3) is 11.3 Å². The summed E-state index contributed by atoms with van der Waals surface area (Å²) in [5.74, 6) is 1.50. The predicted octanol–water partition coefficient (Wildman–Crippen LogP) is 3.44. The minimum absolute atomic E-state index is 0.277. The van der Waals surface area contributed by atoms with Gasteiger partial charge in [0, 0.05) is 16.1 Å². The summed E-state index contributed by atoms with van der Waals surface area (Å²) in [7, 11) is 1.62. The molecule has 2 aromatic rings. The molecule has 0 aliphatic carbocycles. The number of nitrogens with zero attached hydrogens (tertiary/aromatic N) is 1. The van der Waals surface area contributed by atoms with Gasteiger partial charge in [0.25, 0.3) is 0 Å². The highest BCUT2D eigenvalue weighted by atomic mass is 35.5. The lowest BCUT2D eigenvalue weighted by Gasteiger charge is -2.11. The number of nitrogen functional groups attached to an aromatic ring is 1. The van der Waals surface area contributed by atoms with Gasteiger partial charge in [-0.15, -0.1) is 0 Å². The molecule has 1 heterocycles. The van der Waals surface area contributed by atoms with Crippen molar-refractivity contribution in [2.45, 2.75) is 19.8 Å². The van der Waals surface area contributed by atoms with E-state index in [1.165, 1.54) is 0 Å². The van der Waals surface area contributed by atoms with Gasteiger partial charge in [-0.3, -0.25) is 5.10 Å². The third-order valence-electron chi connectivity index (χ3n) is 2.84. The Morgan fingerprint density at radius 2 is 2.11 bits per heavy atom. The standard InChI is InChI=1S/C13H16ClN3O/c1-7(2)11-12(16-17-13(11)15)9-5-4-8(14)6-10(9)18-3/h4-7H,1-3H3,(H3,15,16,17). The fraction of sp³-hybridized carbons (Fsp3) is 0.308. The zero-order chi connectivity index (χ0) is 13.3. The summed E-state index contributed by atoms with van der Waals surface area (Å²) in [6.07, 6.45) is 0. The molecule has 0 saturated carbocycles. The number of nitrogens with one attached hydrogen (secondary N) is 1. The topological polar surface area (TPSA) is 63.9 Å². The van der Waals surface area contributed by atoms with Crippen molar-refractivity contribution in [1.82, 2.24) is 10.2 Å². The molecule has 96 valence electrons. The van der Waals surface area contributed by atoms with Gasteiger partial charge in [-0.2, -0.15) is 5.10 Å². The van der Waals surface area contributed by atoms with E-state index in [4.69, 9.17) is 22.1 Å². The van der Waals surface area contributed by atoms with E-state index >= 15 is 0 Å². The molecule has 18 heavy (non-hydrogen) atoms. The summed E-state index contributed by atoms with van der Waals surface area (Å²) < 4.78 is 5.35. The van der Waals surface area contributed by atoms with Gasteiger partial charge in [0.15, 0.2) is 0 Å². The molecule has 0 unspecified atom stereocenters. The van der Waals surface area contributed by atoms with Crippen LogP contribution in [0.5, 0.6) is 5.75 Å². The largest absolute Gasteiger partial charge is 0.496 e. The van der Waals surface area contributed by atoms with E-state index in [2.05, 4.69) is 24.0 Å². The number of halogens is 1. The Labute approximate surface area is 111 Å². The van der Waals surface area contributed by atoms with Crippen molar-refractivity contribution in [3.8, 4) is 17.0 Å². The van der Waals surface area contributed by atoms with Gasteiger partial charge in [0.2, 0.25) is 0 Å². The lowest BCUT2D eigenvalue weighted by atomic mass is 9.98. The molecule has 0 bridgehead atoms. The number of aromatic amines is 1. The second-order valence-corrected chi connectivity index (χ2v) is 4.83.